The summed E-state index contributed by atoms with van der Waals surface area (Å²) >= 11 is 1.46. The van der Waals surface area contributed by atoms with Crippen LogP contribution in [0, 0.1) is 6.92 Å². The van der Waals surface area contributed by atoms with E-state index >= 15 is 0 Å². The van der Waals surface area contributed by atoms with Gasteiger partial charge in [-0.05, 0) is 53.1 Å². The van der Waals surface area contributed by atoms with Gasteiger partial charge in [-0.3, -0.25) is 4.79 Å². The molecule has 100 valence electrons. The molecule has 0 aliphatic carbocycles. The highest BCUT2D eigenvalue weighted by Gasteiger charge is 2.21. The summed E-state index contributed by atoms with van der Waals surface area (Å²) in [5, 5.41) is 11.9. The number of ketones is 1. The van der Waals surface area contributed by atoms with Crippen molar-refractivity contribution >= 4 is 17.1 Å². The normalized spacial score (nSPS) is 11.6. The second-order valence-corrected chi connectivity index (χ2v) is 6.66. The predicted octanol–water partition coefficient (Wildman–Crippen LogP) is 4.29. The SMILES string of the molecule is Cc1ccsc1C(=O)c1ccc(O)c(C(C)(C)C)c1. The molecule has 19 heavy (non-hydrogen) atoms. The Morgan fingerprint density at radius 2 is 1.89 bits per heavy atom. The lowest BCUT2D eigenvalue weighted by Gasteiger charge is -2.21. The highest BCUT2D eigenvalue weighted by Crippen LogP contribution is 2.32. The van der Waals surface area contributed by atoms with Crippen molar-refractivity contribution in [1.29, 1.82) is 0 Å². The first kappa shape index (κ1) is 13.8. The lowest BCUT2D eigenvalue weighted by atomic mass is 9.85. The lowest BCUT2D eigenvalue weighted by molar-refractivity contribution is 0.104. The first-order valence-electron chi connectivity index (χ1n) is 6.23. The average Bonchev–Trinajstić information content (AvgIpc) is 2.73. The second kappa shape index (κ2) is 4.82. The Labute approximate surface area is 117 Å². The van der Waals surface area contributed by atoms with E-state index in [2.05, 4.69) is 0 Å². The van der Waals surface area contributed by atoms with Crippen LogP contribution in [0.4, 0.5) is 0 Å². The van der Waals surface area contributed by atoms with Gasteiger partial charge in [0.1, 0.15) is 5.75 Å². The summed E-state index contributed by atoms with van der Waals surface area (Å²) in [5.41, 5.74) is 2.24. The summed E-state index contributed by atoms with van der Waals surface area (Å²) in [4.78, 5) is 13.2. The average molecular weight is 274 g/mol. The third-order valence-electron chi connectivity index (χ3n) is 3.14. The number of rotatable bonds is 2. The molecule has 1 heterocycles. The van der Waals surface area contributed by atoms with Crippen LogP contribution in [0.1, 0.15) is 47.1 Å². The van der Waals surface area contributed by atoms with Crippen LogP contribution < -0.4 is 0 Å². The number of carbonyl (C=O) groups is 1. The minimum absolute atomic E-state index is 0.0259. The van der Waals surface area contributed by atoms with Crippen molar-refractivity contribution in [2.24, 2.45) is 0 Å². The first-order valence-corrected chi connectivity index (χ1v) is 7.11. The maximum atomic E-state index is 12.4. The van der Waals surface area contributed by atoms with Gasteiger partial charge in [0, 0.05) is 5.56 Å². The standard InChI is InChI=1S/C16H18O2S/c1-10-7-8-19-15(10)14(18)11-5-6-13(17)12(9-11)16(2,3)4/h5-9,17H,1-4H3. The van der Waals surface area contributed by atoms with Crippen LogP contribution in [0.3, 0.4) is 0 Å². The molecule has 3 heteroatoms. The molecular formula is C16H18O2S. The van der Waals surface area contributed by atoms with Crippen molar-refractivity contribution in [3.8, 4) is 5.75 Å². The number of aryl methyl sites for hydroxylation is 1. The van der Waals surface area contributed by atoms with Crippen LogP contribution in [0.25, 0.3) is 0 Å². The van der Waals surface area contributed by atoms with Crippen LogP contribution in [0.5, 0.6) is 5.75 Å². The van der Waals surface area contributed by atoms with E-state index in [9.17, 15) is 9.90 Å². The van der Waals surface area contributed by atoms with Gasteiger partial charge in [0.15, 0.2) is 0 Å². The Balaban J connectivity index is 2.48. The topological polar surface area (TPSA) is 37.3 Å². The zero-order valence-electron chi connectivity index (χ0n) is 11.7. The Bertz CT molecular complexity index is 618. The molecule has 1 aromatic carbocycles. The molecule has 1 N–H and O–H groups in total. The molecular weight excluding hydrogens is 256 g/mol. The Hall–Kier alpha value is -1.61. The quantitative estimate of drug-likeness (QED) is 0.829. The summed E-state index contributed by atoms with van der Waals surface area (Å²) in [5.74, 6) is 0.268. The van der Waals surface area contributed by atoms with E-state index in [1.54, 1.807) is 18.2 Å². The van der Waals surface area contributed by atoms with Crippen LogP contribution in [0.15, 0.2) is 29.6 Å². The maximum Gasteiger partial charge on any atom is 0.203 e. The number of hydrogen-bond acceptors (Lipinski definition) is 3. The molecule has 0 amide bonds. The molecule has 1 aromatic heterocycles. The van der Waals surface area contributed by atoms with E-state index in [-0.39, 0.29) is 16.9 Å². The molecule has 0 fully saturated rings. The highest BCUT2D eigenvalue weighted by molar-refractivity contribution is 7.12. The van der Waals surface area contributed by atoms with Crippen LogP contribution in [-0.4, -0.2) is 10.9 Å². The fraction of sp³-hybridized carbons (Fsp3) is 0.312. The number of hydrogen-bond donors (Lipinski definition) is 1. The van der Waals surface area contributed by atoms with Crippen LogP contribution >= 0.6 is 11.3 Å². The molecule has 0 bridgehead atoms. The number of benzene rings is 1. The van der Waals surface area contributed by atoms with E-state index in [0.29, 0.717) is 5.56 Å². The molecule has 0 saturated carbocycles. The molecule has 0 radical (unpaired) electrons. The monoisotopic (exact) mass is 274 g/mol. The van der Waals surface area contributed by atoms with E-state index in [1.165, 1.54) is 11.3 Å². The largest absolute Gasteiger partial charge is 0.508 e. The summed E-state index contributed by atoms with van der Waals surface area (Å²) in [7, 11) is 0. The molecule has 0 aliphatic rings. The Morgan fingerprint density at radius 3 is 2.42 bits per heavy atom. The number of aromatic hydroxyl groups is 1. The molecule has 2 nitrogen and oxygen atoms in total. The Morgan fingerprint density at radius 1 is 1.21 bits per heavy atom. The summed E-state index contributed by atoms with van der Waals surface area (Å²) < 4.78 is 0. The van der Waals surface area contributed by atoms with Gasteiger partial charge in [-0.25, -0.2) is 0 Å². The fourth-order valence-electron chi connectivity index (χ4n) is 2.01. The number of phenolic OH excluding ortho intramolecular Hbond substituents is 1. The molecule has 0 unspecified atom stereocenters. The summed E-state index contributed by atoms with van der Waals surface area (Å²) in [6.07, 6.45) is 0. The molecule has 0 aliphatic heterocycles. The van der Waals surface area contributed by atoms with Gasteiger partial charge in [0.25, 0.3) is 0 Å². The fourth-order valence-corrected chi connectivity index (χ4v) is 2.90. The number of thiophene rings is 1. The zero-order chi connectivity index (χ0) is 14.2. The van der Waals surface area contributed by atoms with E-state index in [1.807, 2.05) is 39.1 Å². The third kappa shape index (κ3) is 2.71. The molecule has 2 rings (SSSR count). The van der Waals surface area contributed by atoms with Crippen molar-refractivity contribution in [2.75, 3.05) is 0 Å². The zero-order valence-corrected chi connectivity index (χ0v) is 12.5. The van der Waals surface area contributed by atoms with Crippen molar-refractivity contribution < 1.29 is 9.90 Å². The van der Waals surface area contributed by atoms with Crippen molar-refractivity contribution in [2.45, 2.75) is 33.1 Å². The van der Waals surface area contributed by atoms with Gasteiger partial charge < -0.3 is 5.11 Å². The minimum Gasteiger partial charge on any atom is -0.508 e. The lowest BCUT2D eigenvalue weighted by Crippen LogP contribution is -2.13. The molecule has 0 atom stereocenters. The van der Waals surface area contributed by atoms with Crippen molar-refractivity contribution in [3.63, 3.8) is 0 Å². The predicted molar refractivity (Wildman–Crippen MR) is 79.3 cm³/mol. The van der Waals surface area contributed by atoms with Gasteiger partial charge >= 0.3 is 0 Å². The minimum atomic E-state index is -0.190. The molecule has 0 saturated heterocycles. The summed E-state index contributed by atoms with van der Waals surface area (Å²) in [6, 6.07) is 7.04. The molecule has 2 aromatic rings. The number of carbonyl (C=O) groups excluding carboxylic acids is 1. The summed E-state index contributed by atoms with van der Waals surface area (Å²) in [6.45, 7) is 8.00. The van der Waals surface area contributed by atoms with Crippen molar-refractivity contribution in [1.82, 2.24) is 0 Å². The van der Waals surface area contributed by atoms with Gasteiger partial charge in [-0.15, -0.1) is 11.3 Å². The maximum absolute atomic E-state index is 12.4. The smallest absolute Gasteiger partial charge is 0.203 e. The number of phenols is 1. The second-order valence-electron chi connectivity index (χ2n) is 5.74. The highest BCUT2D eigenvalue weighted by atomic mass is 32.1. The van der Waals surface area contributed by atoms with E-state index in [4.69, 9.17) is 0 Å². The molecule has 0 spiro atoms. The Kier molecular flexibility index (Phi) is 3.50. The van der Waals surface area contributed by atoms with Gasteiger partial charge in [0.2, 0.25) is 5.78 Å². The third-order valence-corrected chi connectivity index (χ3v) is 4.15. The van der Waals surface area contributed by atoms with Crippen LogP contribution in [-0.2, 0) is 5.41 Å². The van der Waals surface area contributed by atoms with Crippen molar-refractivity contribution in [3.05, 3.63) is 51.2 Å². The van der Waals surface area contributed by atoms with E-state index < -0.39 is 0 Å². The van der Waals surface area contributed by atoms with Crippen LogP contribution in [0.2, 0.25) is 0 Å². The van der Waals surface area contributed by atoms with Gasteiger partial charge in [-0.1, -0.05) is 20.8 Å². The first-order chi connectivity index (χ1) is 8.80. The van der Waals surface area contributed by atoms with Gasteiger partial charge in [0.05, 0.1) is 4.88 Å². The van der Waals surface area contributed by atoms with Gasteiger partial charge in [-0.2, -0.15) is 0 Å². The van der Waals surface area contributed by atoms with E-state index in [0.717, 1.165) is 16.0 Å².